The number of morpholine rings is 1. The average Bonchev–Trinajstić information content (AvgIpc) is 2.89. The third-order valence-electron chi connectivity index (χ3n) is 6.04. The van der Waals surface area contributed by atoms with Crippen LogP contribution in [-0.2, 0) is 22.5 Å². The zero-order valence-electron chi connectivity index (χ0n) is 19.8. The summed E-state index contributed by atoms with van der Waals surface area (Å²) in [7, 11) is 0. The number of amides is 1. The van der Waals surface area contributed by atoms with Crippen molar-refractivity contribution in [3.8, 4) is 5.75 Å². The van der Waals surface area contributed by atoms with Crippen molar-refractivity contribution in [2.24, 2.45) is 5.73 Å². The summed E-state index contributed by atoms with van der Waals surface area (Å²) >= 11 is 0. The monoisotopic (exact) mass is 477 g/mol. The SMILES string of the molecule is N[C@@H](Cc1ccccc1)C(=O)N(Cc1ccc(F)cc1)c1cccc(OCCN2CCOCC2)c1. The normalized spacial score (nSPS) is 14.9. The molecule has 6 nitrogen and oxygen atoms in total. The van der Waals surface area contributed by atoms with Crippen LogP contribution in [0.5, 0.6) is 5.75 Å². The van der Waals surface area contributed by atoms with Crippen molar-refractivity contribution in [3.63, 3.8) is 0 Å². The van der Waals surface area contributed by atoms with Gasteiger partial charge >= 0.3 is 0 Å². The summed E-state index contributed by atoms with van der Waals surface area (Å²) in [4.78, 5) is 17.5. The molecule has 1 atom stereocenters. The molecule has 0 saturated carbocycles. The van der Waals surface area contributed by atoms with Crippen molar-refractivity contribution >= 4 is 11.6 Å². The Kier molecular flexibility index (Phi) is 8.84. The summed E-state index contributed by atoms with van der Waals surface area (Å²) in [5.74, 6) is 0.163. The predicted molar refractivity (Wildman–Crippen MR) is 135 cm³/mol. The van der Waals surface area contributed by atoms with E-state index in [0.29, 0.717) is 24.5 Å². The molecule has 1 aliphatic rings. The van der Waals surface area contributed by atoms with Crippen molar-refractivity contribution in [1.82, 2.24) is 4.90 Å². The van der Waals surface area contributed by atoms with Crippen LogP contribution in [-0.4, -0.2) is 56.3 Å². The molecule has 4 rings (SSSR count). The van der Waals surface area contributed by atoms with Crippen molar-refractivity contribution < 1.29 is 18.7 Å². The van der Waals surface area contributed by atoms with Crippen LogP contribution in [0.1, 0.15) is 11.1 Å². The molecule has 3 aromatic carbocycles. The van der Waals surface area contributed by atoms with Crippen molar-refractivity contribution in [3.05, 3.63) is 95.8 Å². The number of nitrogens with zero attached hydrogens (tertiary/aromatic N) is 2. The maximum atomic E-state index is 13.5. The maximum absolute atomic E-state index is 13.5. The Balaban J connectivity index is 1.49. The van der Waals surface area contributed by atoms with Gasteiger partial charge < -0.3 is 20.1 Å². The van der Waals surface area contributed by atoms with Crippen LogP contribution >= 0.6 is 0 Å². The van der Waals surface area contributed by atoms with E-state index in [4.69, 9.17) is 15.2 Å². The first-order chi connectivity index (χ1) is 17.1. The van der Waals surface area contributed by atoms with E-state index in [1.54, 1.807) is 17.0 Å². The third-order valence-corrected chi connectivity index (χ3v) is 6.04. The van der Waals surface area contributed by atoms with Gasteiger partial charge in [-0.2, -0.15) is 0 Å². The highest BCUT2D eigenvalue weighted by Gasteiger charge is 2.23. The largest absolute Gasteiger partial charge is 0.492 e. The fourth-order valence-corrected chi connectivity index (χ4v) is 4.08. The summed E-state index contributed by atoms with van der Waals surface area (Å²) in [6.07, 6.45) is 0.426. The standard InChI is InChI=1S/C28H32FN3O3/c29-24-11-9-23(10-12-24)21-32(28(33)27(30)19-22-5-2-1-3-6-22)25-7-4-8-26(20-25)35-18-15-31-13-16-34-17-14-31/h1-12,20,27H,13-19,21,30H2/t27-/m0/s1. The van der Waals surface area contributed by atoms with Crippen LogP contribution in [0.4, 0.5) is 10.1 Å². The van der Waals surface area contributed by atoms with Crippen LogP contribution in [0.15, 0.2) is 78.9 Å². The lowest BCUT2D eigenvalue weighted by Gasteiger charge is -2.27. The molecule has 2 N–H and O–H groups in total. The number of anilines is 1. The van der Waals surface area contributed by atoms with Gasteiger partial charge in [0.05, 0.1) is 25.8 Å². The minimum atomic E-state index is -0.719. The Labute approximate surface area is 206 Å². The second-order valence-corrected chi connectivity index (χ2v) is 8.65. The minimum Gasteiger partial charge on any atom is -0.492 e. The van der Waals surface area contributed by atoms with Crippen LogP contribution in [0.25, 0.3) is 0 Å². The molecular weight excluding hydrogens is 445 g/mol. The smallest absolute Gasteiger partial charge is 0.244 e. The molecule has 0 bridgehead atoms. The van der Waals surface area contributed by atoms with Gasteiger partial charge in [0.2, 0.25) is 5.91 Å². The average molecular weight is 478 g/mol. The van der Waals surface area contributed by atoms with Crippen molar-refractivity contribution in [2.75, 3.05) is 44.4 Å². The first-order valence-electron chi connectivity index (χ1n) is 12.0. The molecule has 1 aliphatic heterocycles. The summed E-state index contributed by atoms with van der Waals surface area (Å²) in [5.41, 5.74) is 8.86. The molecule has 3 aromatic rings. The summed E-state index contributed by atoms with van der Waals surface area (Å²) in [6.45, 7) is 4.94. The maximum Gasteiger partial charge on any atom is 0.244 e. The zero-order chi connectivity index (χ0) is 24.5. The van der Waals surface area contributed by atoms with Crippen molar-refractivity contribution in [1.29, 1.82) is 0 Å². The number of nitrogens with two attached hydrogens (primary N) is 1. The van der Waals surface area contributed by atoms with E-state index in [1.807, 2.05) is 54.6 Å². The second-order valence-electron chi connectivity index (χ2n) is 8.65. The Morgan fingerprint density at radius 2 is 1.74 bits per heavy atom. The number of ether oxygens (including phenoxy) is 2. The van der Waals surface area contributed by atoms with Crippen LogP contribution in [0.3, 0.4) is 0 Å². The van der Waals surface area contributed by atoms with Gasteiger partial charge in [-0.05, 0) is 41.8 Å². The molecule has 0 spiro atoms. The fourth-order valence-electron chi connectivity index (χ4n) is 4.08. The summed E-state index contributed by atoms with van der Waals surface area (Å²) in [6, 6.07) is 22.6. The number of halogens is 1. The molecule has 35 heavy (non-hydrogen) atoms. The first kappa shape index (κ1) is 24.9. The van der Waals surface area contributed by atoms with Gasteiger partial charge in [0.1, 0.15) is 18.2 Å². The van der Waals surface area contributed by atoms with Crippen LogP contribution in [0.2, 0.25) is 0 Å². The van der Waals surface area contributed by atoms with Gasteiger partial charge in [0, 0.05) is 31.4 Å². The van der Waals surface area contributed by atoms with E-state index in [2.05, 4.69) is 4.90 Å². The van der Waals surface area contributed by atoms with Crippen LogP contribution < -0.4 is 15.4 Å². The lowest BCUT2D eigenvalue weighted by Crippen LogP contribution is -2.44. The molecule has 7 heteroatoms. The lowest BCUT2D eigenvalue weighted by molar-refractivity contribution is -0.120. The van der Waals surface area contributed by atoms with Gasteiger partial charge in [0.25, 0.3) is 0 Å². The van der Waals surface area contributed by atoms with Gasteiger partial charge in [-0.1, -0.05) is 48.5 Å². The topological polar surface area (TPSA) is 68.0 Å². The fraction of sp³-hybridized carbons (Fsp3) is 0.321. The molecule has 0 aliphatic carbocycles. The molecule has 1 heterocycles. The Morgan fingerprint density at radius 1 is 1.00 bits per heavy atom. The van der Waals surface area contributed by atoms with Crippen LogP contribution in [0, 0.1) is 5.82 Å². The van der Waals surface area contributed by atoms with Gasteiger partial charge in [-0.15, -0.1) is 0 Å². The first-order valence-corrected chi connectivity index (χ1v) is 12.0. The Bertz CT molecular complexity index is 1070. The summed E-state index contributed by atoms with van der Waals surface area (Å²) < 4.78 is 24.8. The molecule has 0 aromatic heterocycles. The second kappa shape index (κ2) is 12.4. The quantitative estimate of drug-likeness (QED) is 0.483. The number of hydrogen-bond donors (Lipinski definition) is 1. The van der Waals surface area contributed by atoms with E-state index in [1.165, 1.54) is 12.1 Å². The van der Waals surface area contributed by atoms with Gasteiger partial charge in [0.15, 0.2) is 0 Å². The van der Waals surface area contributed by atoms with Crippen molar-refractivity contribution in [2.45, 2.75) is 19.0 Å². The number of rotatable bonds is 10. The number of benzene rings is 3. The molecule has 1 saturated heterocycles. The Hall–Kier alpha value is -3.26. The number of carbonyl (C=O) groups is 1. The summed E-state index contributed by atoms with van der Waals surface area (Å²) in [5, 5.41) is 0. The minimum absolute atomic E-state index is 0.205. The molecular formula is C28H32FN3O3. The zero-order valence-corrected chi connectivity index (χ0v) is 19.8. The molecule has 0 radical (unpaired) electrons. The van der Waals surface area contributed by atoms with E-state index < -0.39 is 6.04 Å². The van der Waals surface area contributed by atoms with E-state index in [9.17, 15) is 9.18 Å². The van der Waals surface area contributed by atoms with Gasteiger partial charge in [-0.25, -0.2) is 4.39 Å². The molecule has 184 valence electrons. The van der Waals surface area contributed by atoms with E-state index >= 15 is 0 Å². The third kappa shape index (κ3) is 7.36. The Morgan fingerprint density at radius 3 is 2.49 bits per heavy atom. The molecule has 1 fully saturated rings. The molecule has 0 unspecified atom stereocenters. The van der Waals surface area contributed by atoms with E-state index in [-0.39, 0.29) is 18.3 Å². The molecule has 1 amide bonds. The number of carbonyl (C=O) groups excluding carboxylic acids is 1. The lowest BCUT2D eigenvalue weighted by atomic mass is 10.0. The number of hydrogen-bond acceptors (Lipinski definition) is 5. The highest BCUT2D eigenvalue weighted by molar-refractivity contribution is 5.97. The van der Waals surface area contributed by atoms with E-state index in [0.717, 1.165) is 44.0 Å². The van der Waals surface area contributed by atoms with Gasteiger partial charge in [-0.3, -0.25) is 9.69 Å². The highest BCUT2D eigenvalue weighted by Crippen LogP contribution is 2.24. The predicted octanol–water partition coefficient (Wildman–Crippen LogP) is 3.64. The highest BCUT2D eigenvalue weighted by atomic mass is 19.1.